The quantitative estimate of drug-likeness (QED) is 0.495. The van der Waals surface area contributed by atoms with E-state index in [1.807, 2.05) is 24.3 Å². The molecule has 1 saturated carbocycles. The Hall–Kier alpha value is -2.59. The first-order valence-corrected chi connectivity index (χ1v) is 12.2. The molecule has 1 heterocycles. The number of hydrogen-bond acceptors (Lipinski definition) is 4. The molecule has 1 aliphatic carbocycles. The van der Waals surface area contributed by atoms with Gasteiger partial charge in [0.25, 0.3) is 0 Å². The number of amides is 2. The molecule has 0 radical (unpaired) electrons. The van der Waals surface area contributed by atoms with Crippen LogP contribution in [0.3, 0.4) is 0 Å². The summed E-state index contributed by atoms with van der Waals surface area (Å²) in [6.45, 7) is 2.32. The Labute approximate surface area is 210 Å². The maximum absolute atomic E-state index is 13.4. The van der Waals surface area contributed by atoms with Crippen molar-refractivity contribution in [3.8, 4) is 5.75 Å². The van der Waals surface area contributed by atoms with E-state index in [4.69, 9.17) is 0 Å². The highest BCUT2D eigenvalue weighted by Gasteiger charge is 2.52. The summed E-state index contributed by atoms with van der Waals surface area (Å²) in [5.41, 5.74) is 0.656. The minimum Gasteiger partial charge on any atom is -0.406 e. The molecule has 0 aromatic heterocycles. The first-order valence-electron chi connectivity index (χ1n) is 11.4. The molecule has 1 aliphatic heterocycles. The SMILES string of the molecule is CN(CC1CNC1)C(=O)C(Cc1ccc(Br)cc1)NC(=O)C1(c2ccc(OC(F)(F)F)cc2)CC1. The molecule has 2 aromatic rings. The van der Waals surface area contributed by atoms with Crippen LogP contribution in [0.1, 0.15) is 24.0 Å². The van der Waals surface area contributed by atoms with Crippen LogP contribution in [0.2, 0.25) is 0 Å². The van der Waals surface area contributed by atoms with Crippen LogP contribution in [-0.4, -0.2) is 55.8 Å². The summed E-state index contributed by atoms with van der Waals surface area (Å²) in [7, 11) is 1.74. The van der Waals surface area contributed by atoms with Crippen molar-refractivity contribution in [2.75, 3.05) is 26.7 Å². The molecular weight excluding hydrogens is 527 g/mol. The fourth-order valence-corrected chi connectivity index (χ4v) is 4.59. The summed E-state index contributed by atoms with van der Waals surface area (Å²) in [6.07, 6.45) is -3.33. The average Bonchev–Trinajstić information content (AvgIpc) is 3.58. The molecule has 2 aromatic carbocycles. The largest absolute Gasteiger partial charge is 0.573 e. The topological polar surface area (TPSA) is 70.7 Å². The van der Waals surface area contributed by atoms with Gasteiger partial charge in [0, 0.05) is 43.5 Å². The number of nitrogens with zero attached hydrogens (tertiary/aromatic N) is 1. The van der Waals surface area contributed by atoms with Gasteiger partial charge in [0.1, 0.15) is 11.8 Å². The minimum absolute atomic E-state index is 0.169. The predicted molar refractivity (Wildman–Crippen MR) is 128 cm³/mol. The molecule has 2 fully saturated rings. The number of hydrogen-bond donors (Lipinski definition) is 2. The third kappa shape index (κ3) is 6.35. The molecule has 2 aliphatic rings. The van der Waals surface area contributed by atoms with Crippen LogP contribution in [0.15, 0.2) is 53.0 Å². The van der Waals surface area contributed by atoms with Gasteiger partial charge >= 0.3 is 6.36 Å². The smallest absolute Gasteiger partial charge is 0.406 e. The number of nitrogens with one attached hydrogen (secondary N) is 2. The zero-order chi connectivity index (χ0) is 25.2. The molecule has 35 heavy (non-hydrogen) atoms. The third-order valence-electron chi connectivity index (χ3n) is 6.56. The molecule has 1 saturated heterocycles. The van der Waals surface area contributed by atoms with Gasteiger partial charge in [-0.15, -0.1) is 13.2 Å². The van der Waals surface area contributed by atoms with E-state index in [1.165, 1.54) is 24.3 Å². The molecule has 10 heteroatoms. The second-order valence-corrected chi connectivity index (χ2v) is 10.2. The zero-order valence-electron chi connectivity index (χ0n) is 19.2. The van der Waals surface area contributed by atoms with Crippen molar-refractivity contribution in [3.63, 3.8) is 0 Å². The lowest BCUT2D eigenvalue weighted by Crippen LogP contribution is -2.54. The van der Waals surface area contributed by atoms with Gasteiger partial charge in [0.15, 0.2) is 0 Å². The lowest BCUT2D eigenvalue weighted by Gasteiger charge is -2.33. The summed E-state index contributed by atoms with van der Waals surface area (Å²) < 4.78 is 42.3. The summed E-state index contributed by atoms with van der Waals surface area (Å²) in [5.74, 6) is -0.415. The van der Waals surface area contributed by atoms with Gasteiger partial charge in [-0.25, -0.2) is 0 Å². The van der Waals surface area contributed by atoms with Crippen LogP contribution in [-0.2, 0) is 21.4 Å². The Morgan fingerprint density at radius 2 is 1.77 bits per heavy atom. The lowest BCUT2D eigenvalue weighted by atomic mass is 9.93. The monoisotopic (exact) mass is 553 g/mol. The van der Waals surface area contributed by atoms with Gasteiger partial charge in [-0.3, -0.25) is 9.59 Å². The summed E-state index contributed by atoms with van der Waals surface area (Å²) in [4.78, 5) is 28.4. The maximum Gasteiger partial charge on any atom is 0.573 e. The van der Waals surface area contributed by atoms with E-state index in [0.29, 0.717) is 37.3 Å². The fourth-order valence-electron chi connectivity index (χ4n) is 4.32. The number of rotatable bonds is 9. The number of halogens is 4. The van der Waals surface area contributed by atoms with E-state index < -0.39 is 17.8 Å². The van der Waals surface area contributed by atoms with Gasteiger partial charge < -0.3 is 20.3 Å². The van der Waals surface area contributed by atoms with Crippen LogP contribution >= 0.6 is 15.9 Å². The summed E-state index contributed by atoms with van der Waals surface area (Å²) in [5, 5.41) is 6.15. The van der Waals surface area contributed by atoms with E-state index in [1.54, 1.807) is 11.9 Å². The van der Waals surface area contributed by atoms with Gasteiger partial charge in [0.05, 0.1) is 5.41 Å². The predicted octanol–water partition coefficient (Wildman–Crippen LogP) is 3.78. The molecule has 1 unspecified atom stereocenters. The second-order valence-electron chi connectivity index (χ2n) is 9.25. The van der Waals surface area contributed by atoms with Crippen LogP contribution in [0.25, 0.3) is 0 Å². The highest BCUT2D eigenvalue weighted by molar-refractivity contribution is 9.10. The number of ether oxygens (including phenoxy) is 1. The fraction of sp³-hybridized carbons (Fsp3) is 0.440. The minimum atomic E-state index is -4.78. The number of benzene rings is 2. The van der Waals surface area contributed by atoms with Crippen molar-refractivity contribution in [2.45, 2.75) is 37.1 Å². The molecule has 0 bridgehead atoms. The van der Waals surface area contributed by atoms with Gasteiger partial charge in [0.2, 0.25) is 11.8 Å². The average molecular weight is 554 g/mol. The Kier molecular flexibility index (Phi) is 7.42. The highest BCUT2D eigenvalue weighted by atomic mass is 79.9. The molecular formula is C25H27BrF3N3O3. The standard InChI is InChI=1S/C25H27BrF3N3O3/c1-32(15-17-13-30-14-17)22(33)21(12-16-2-6-19(26)7-3-16)31-23(34)24(10-11-24)18-4-8-20(9-5-18)35-25(27,28)29/h2-9,17,21,30H,10-15H2,1H3,(H,31,34). The van der Waals surface area contributed by atoms with Crippen molar-refractivity contribution >= 4 is 27.7 Å². The molecule has 1 atom stereocenters. The van der Waals surface area contributed by atoms with Crippen LogP contribution in [0.4, 0.5) is 13.2 Å². The number of carbonyl (C=O) groups is 2. The first kappa shape index (κ1) is 25.5. The number of alkyl halides is 3. The van der Waals surface area contributed by atoms with Crippen molar-refractivity contribution in [1.82, 2.24) is 15.5 Å². The molecule has 6 nitrogen and oxygen atoms in total. The zero-order valence-corrected chi connectivity index (χ0v) is 20.8. The van der Waals surface area contributed by atoms with E-state index in [-0.39, 0.29) is 17.6 Å². The maximum atomic E-state index is 13.4. The van der Waals surface area contributed by atoms with E-state index in [0.717, 1.165) is 23.1 Å². The van der Waals surface area contributed by atoms with Crippen LogP contribution in [0.5, 0.6) is 5.75 Å². The van der Waals surface area contributed by atoms with Gasteiger partial charge in [-0.1, -0.05) is 40.2 Å². The normalized spacial score (nSPS) is 17.7. The van der Waals surface area contributed by atoms with Crippen LogP contribution < -0.4 is 15.4 Å². The third-order valence-corrected chi connectivity index (χ3v) is 7.08. The van der Waals surface area contributed by atoms with Crippen LogP contribution in [0, 0.1) is 5.92 Å². The van der Waals surface area contributed by atoms with Gasteiger partial charge in [-0.2, -0.15) is 0 Å². The molecule has 188 valence electrons. The Balaban J connectivity index is 1.49. The van der Waals surface area contributed by atoms with Crippen molar-refractivity contribution < 1.29 is 27.5 Å². The second kappa shape index (κ2) is 10.2. The molecule has 2 amide bonds. The summed E-state index contributed by atoms with van der Waals surface area (Å²) >= 11 is 3.40. The lowest BCUT2D eigenvalue weighted by molar-refractivity contribution is -0.274. The van der Waals surface area contributed by atoms with Crippen molar-refractivity contribution in [3.05, 3.63) is 64.1 Å². The Morgan fingerprint density at radius 3 is 2.29 bits per heavy atom. The Bertz CT molecular complexity index is 1050. The number of carbonyl (C=O) groups excluding carboxylic acids is 2. The molecule has 4 rings (SSSR count). The Morgan fingerprint density at radius 1 is 1.14 bits per heavy atom. The van der Waals surface area contributed by atoms with E-state index >= 15 is 0 Å². The van der Waals surface area contributed by atoms with E-state index in [9.17, 15) is 22.8 Å². The number of likely N-dealkylation sites (N-methyl/N-ethyl adjacent to an activating group) is 1. The highest BCUT2D eigenvalue weighted by Crippen LogP contribution is 2.49. The van der Waals surface area contributed by atoms with Gasteiger partial charge in [-0.05, 0) is 48.2 Å². The van der Waals surface area contributed by atoms with E-state index in [2.05, 4.69) is 31.3 Å². The summed E-state index contributed by atoms with van der Waals surface area (Å²) in [6, 6.07) is 12.2. The molecule has 0 spiro atoms. The molecule has 2 N–H and O–H groups in total. The van der Waals surface area contributed by atoms with Crippen molar-refractivity contribution in [1.29, 1.82) is 0 Å². The first-order chi connectivity index (χ1) is 16.6. The van der Waals surface area contributed by atoms with Crippen molar-refractivity contribution in [2.24, 2.45) is 5.92 Å².